The number of hydrogen-bond acceptors (Lipinski definition) is 2. The number of benzene rings is 1. The number of nitriles is 1. The van der Waals surface area contributed by atoms with Gasteiger partial charge in [0.2, 0.25) is 0 Å². The topological polar surface area (TPSA) is 41.6 Å². The molecular weight excluding hydrogens is 258 g/mol. The maximum Gasteiger partial charge on any atom is 0.0719 e. The second-order valence-corrected chi connectivity index (χ2v) is 6.80. The van der Waals surface area contributed by atoms with Crippen LogP contribution in [0.2, 0.25) is 0 Å². The molecule has 21 heavy (non-hydrogen) atoms. The van der Waals surface area contributed by atoms with Crippen LogP contribution in [-0.4, -0.2) is 9.78 Å². The lowest BCUT2D eigenvalue weighted by Crippen LogP contribution is -2.28. The van der Waals surface area contributed by atoms with Crippen LogP contribution in [0.4, 0.5) is 0 Å². The van der Waals surface area contributed by atoms with Gasteiger partial charge in [0, 0.05) is 18.4 Å². The summed E-state index contributed by atoms with van der Waals surface area (Å²) in [4.78, 5) is 0. The molecule has 0 saturated heterocycles. The minimum absolute atomic E-state index is 0.154. The fourth-order valence-electron chi connectivity index (χ4n) is 4.70. The van der Waals surface area contributed by atoms with Crippen molar-refractivity contribution in [3.63, 3.8) is 0 Å². The molecule has 0 radical (unpaired) electrons. The zero-order valence-electron chi connectivity index (χ0n) is 12.5. The molecule has 3 atom stereocenters. The smallest absolute Gasteiger partial charge is 0.0719 e. The van der Waals surface area contributed by atoms with E-state index in [-0.39, 0.29) is 5.41 Å². The van der Waals surface area contributed by atoms with Crippen LogP contribution in [0.3, 0.4) is 0 Å². The molecule has 1 aromatic carbocycles. The van der Waals surface area contributed by atoms with E-state index in [1.807, 2.05) is 0 Å². The number of aromatic nitrogens is 2. The molecule has 2 bridgehead atoms. The predicted octanol–water partition coefficient (Wildman–Crippen LogP) is 3.93. The summed E-state index contributed by atoms with van der Waals surface area (Å²) in [5.41, 5.74) is 2.17. The molecule has 3 nitrogen and oxygen atoms in total. The highest BCUT2D eigenvalue weighted by Crippen LogP contribution is 2.57. The Hall–Kier alpha value is -1.82. The van der Waals surface area contributed by atoms with Crippen molar-refractivity contribution in [1.29, 1.82) is 5.26 Å². The van der Waals surface area contributed by atoms with Gasteiger partial charge in [-0.3, -0.25) is 4.68 Å². The predicted molar refractivity (Wildman–Crippen MR) is 82.6 cm³/mol. The van der Waals surface area contributed by atoms with Crippen LogP contribution in [0, 0.1) is 28.6 Å². The highest BCUT2D eigenvalue weighted by atomic mass is 15.3. The Morgan fingerprint density at radius 3 is 2.90 bits per heavy atom. The SMILES string of the molecule is CCn1nc(CC2(C#N)CC3CCC2C3)c2ccccc21. The Morgan fingerprint density at radius 2 is 2.24 bits per heavy atom. The monoisotopic (exact) mass is 279 g/mol. The summed E-state index contributed by atoms with van der Waals surface area (Å²) in [6, 6.07) is 11.1. The number of aryl methyl sites for hydroxylation is 1. The zero-order chi connectivity index (χ0) is 14.4. The molecule has 0 aliphatic heterocycles. The molecule has 1 heterocycles. The minimum Gasteiger partial charge on any atom is -0.265 e. The molecule has 3 heteroatoms. The second-order valence-electron chi connectivity index (χ2n) is 6.80. The van der Waals surface area contributed by atoms with E-state index in [4.69, 9.17) is 5.10 Å². The number of fused-ring (bicyclic) bond motifs is 3. The molecule has 3 unspecified atom stereocenters. The van der Waals surface area contributed by atoms with Crippen molar-refractivity contribution in [3.05, 3.63) is 30.0 Å². The molecule has 2 aliphatic rings. The number of hydrogen-bond donors (Lipinski definition) is 0. The van der Waals surface area contributed by atoms with Crippen molar-refractivity contribution in [1.82, 2.24) is 9.78 Å². The third kappa shape index (κ3) is 1.82. The van der Waals surface area contributed by atoms with Gasteiger partial charge in [-0.15, -0.1) is 0 Å². The van der Waals surface area contributed by atoms with E-state index >= 15 is 0 Å². The van der Waals surface area contributed by atoms with Crippen molar-refractivity contribution in [2.75, 3.05) is 0 Å². The lowest BCUT2D eigenvalue weighted by Gasteiger charge is -2.30. The average molecular weight is 279 g/mol. The van der Waals surface area contributed by atoms with Crippen LogP contribution < -0.4 is 0 Å². The highest BCUT2D eigenvalue weighted by Gasteiger charge is 2.51. The zero-order valence-corrected chi connectivity index (χ0v) is 12.5. The van der Waals surface area contributed by atoms with Gasteiger partial charge in [-0.05, 0) is 44.1 Å². The van der Waals surface area contributed by atoms with Gasteiger partial charge in [-0.25, -0.2) is 0 Å². The molecule has 4 rings (SSSR count). The number of para-hydroxylation sites is 1. The fourth-order valence-corrected chi connectivity index (χ4v) is 4.70. The van der Waals surface area contributed by atoms with Gasteiger partial charge < -0.3 is 0 Å². The number of rotatable bonds is 3. The summed E-state index contributed by atoms with van der Waals surface area (Å²) >= 11 is 0. The first-order valence-electron chi connectivity index (χ1n) is 8.11. The lowest BCUT2D eigenvalue weighted by atomic mass is 9.71. The normalized spacial score (nSPS) is 30.9. The molecule has 0 amide bonds. The molecule has 2 aliphatic carbocycles. The van der Waals surface area contributed by atoms with Crippen molar-refractivity contribution in [2.24, 2.45) is 17.3 Å². The summed E-state index contributed by atoms with van der Waals surface area (Å²) in [6.07, 6.45) is 5.75. The summed E-state index contributed by atoms with van der Waals surface area (Å²) in [5, 5.41) is 15.9. The minimum atomic E-state index is -0.154. The van der Waals surface area contributed by atoms with Crippen LogP contribution in [0.25, 0.3) is 10.9 Å². The van der Waals surface area contributed by atoms with E-state index in [0.29, 0.717) is 5.92 Å². The molecule has 0 N–H and O–H groups in total. The summed E-state index contributed by atoms with van der Waals surface area (Å²) in [6.45, 7) is 3.01. The van der Waals surface area contributed by atoms with Crippen molar-refractivity contribution in [3.8, 4) is 6.07 Å². The van der Waals surface area contributed by atoms with Crippen LogP contribution >= 0.6 is 0 Å². The van der Waals surface area contributed by atoms with Gasteiger partial charge in [0.1, 0.15) is 0 Å². The quantitative estimate of drug-likeness (QED) is 0.854. The van der Waals surface area contributed by atoms with Crippen LogP contribution in [0.15, 0.2) is 24.3 Å². The summed E-state index contributed by atoms with van der Waals surface area (Å²) in [5.74, 6) is 1.38. The summed E-state index contributed by atoms with van der Waals surface area (Å²) in [7, 11) is 0. The molecule has 1 aromatic heterocycles. The first-order chi connectivity index (χ1) is 10.3. The van der Waals surface area contributed by atoms with Crippen molar-refractivity contribution in [2.45, 2.75) is 45.6 Å². The van der Waals surface area contributed by atoms with Gasteiger partial charge in [0.25, 0.3) is 0 Å². The molecule has 2 saturated carbocycles. The maximum absolute atomic E-state index is 9.85. The Kier molecular flexibility index (Phi) is 2.82. The molecule has 2 aromatic rings. The van der Waals surface area contributed by atoms with Crippen molar-refractivity contribution < 1.29 is 0 Å². The van der Waals surface area contributed by atoms with Gasteiger partial charge in [-0.2, -0.15) is 10.4 Å². The van der Waals surface area contributed by atoms with Crippen LogP contribution in [0.1, 0.15) is 38.3 Å². The number of nitrogens with zero attached hydrogens (tertiary/aromatic N) is 3. The Balaban J connectivity index is 1.76. The first-order valence-corrected chi connectivity index (χ1v) is 8.11. The standard InChI is InChI=1S/C18H21N3/c1-2-21-17-6-4-3-5-15(17)16(20-21)11-18(12-19)10-13-7-8-14(18)9-13/h3-6,13-14H,2,7-11H2,1H3. The third-order valence-corrected chi connectivity index (χ3v) is 5.72. The van der Waals surface area contributed by atoms with E-state index in [9.17, 15) is 5.26 Å². The van der Waals surface area contributed by atoms with Crippen LogP contribution in [-0.2, 0) is 13.0 Å². The van der Waals surface area contributed by atoms with Gasteiger partial charge in [-0.1, -0.05) is 24.6 Å². The molecular formula is C18H21N3. The van der Waals surface area contributed by atoms with Crippen molar-refractivity contribution >= 4 is 10.9 Å². The van der Waals surface area contributed by atoms with E-state index in [0.717, 1.165) is 31.0 Å². The van der Waals surface area contributed by atoms with Gasteiger partial charge >= 0.3 is 0 Å². The average Bonchev–Trinajstić information content (AvgIpc) is 3.21. The fraction of sp³-hybridized carbons (Fsp3) is 0.556. The maximum atomic E-state index is 9.85. The third-order valence-electron chi connectivity index (χ3n) is 5.72. The Bertz CT molecular complexity index is 724. The van der Waals surface area contributed by atoms with Gasteiger partial charge in [0.05, 0.1) is 22.7 Å². The van der Waals surface area contributed by atoms with Gasteiger partial charge in [0.15, 0.2) is 0 Å². The highest BCUT2D eigenvalue weighted by molar-refractivity contribution is 5.82. The van der Waals surface area contributed by atoms with E-state index in [1.54, 1.807) is 0 Å². The molecule has 108 valence electrons. The Labute approximate surface area is 125 Å². The lowest BCUT2D eigenvalue weighted by molar-refractivity contribution is 0.237. The molecule has 2 fully saturated rings. The van der Waals surface area contributed by atoms with Crippen LogP contribution in [0.5, 0.6) is 0 Å². The summed E-state index contributed by atoms with van der Waals surface area (Å²) < 4.78 is 2.07. The second kappa shape index (κ2) is 4.59. The van der Waals surface area contributed by atoms with E-state index < -0.39 is 0 Å². The Morgan fingerprint density at radius 1 is 1.38 bits per heavy atom. The molecule has 0 spiro atoms. The van der Waals surface area contributed by atoms with E-state index in [2.05, 4.69) is 41.9 Å². The largest absolute Gasteiger partial charge is 0.265 e. The first kappa shape index (κ1) is 12.9. The van der Waals surface area contributed by atoms with E-state index in [1.165, 1.54) is 30.2 Å².